The van der Waals surface area contributed by atoms with E-state index in [0.717, 1.165) is 0 Å². The van der Waals surface area contributed by atoms with Crippen molar-refractivity contribution >= 4 is 38.6 Å². The van der Waals surface area contributed by atoms with Gasteiger partial charge < -0.3 is 14.7 Å². The summed E-state index contributed by atoms with van der Waals surface area (Å²) >= 11 is 1.29. The third kappa shape index (κ3) is 3.95. The van der Waals surface area contributed by atoms with Crippen molar-refractivity contribution < 1.29 is 27.9 Å². The van der Waals surface area contributed by atoms with Crippen molar-refractivity contribution in [2.45, 2.75) is 18.2 Å². The molecule has 1 N–H and O–H groups in total. The number of amidine groups is 1. The molecule has 1 amide bonds. The van der Waals surface area contributed by atoms with Crippen LogP contribution in [0.4, 0.5) is 0 Å². The molecule has 2 heterocycles. The van der Waals surface area contributed by atoms with Gasteiger partial charge in [-0.3, -0.25) is 4.79 Å². The molecule has 8 nitrogen and oxygen atoms in total. The average Bonchev–Trinajstić information content (AvgIpc) is 2.79. The summed E-state index contributed by atoms with van der Waals surface area (Å²) in [6.45, 7) is 1.48. The van der Waals surface area contributed by atoms with E-state index >= 15 is 0 Å². The first kappa shape index (κ1) is 16.2. The fourth-order valence-electron chi connectivity index (χ4n) is 2.37. The van der Waals surface area contributed by atoms with Gasteiger partial charge in [0.25, 0.3) is 5.91 Å². The Bertz CT molecular complexity index is 573. The van der Waals surface area contributed by atoms with Crippen LogP contribution >= 0.6 is 11.8 Å². The summed E-state index contributed by atoms with van der Waals surface area (Å²) in [5.41, 5.74) is 0. The number of hydrogen-bond acceptors (Lipinski definition) is 6. The quantitative estimate of drug-likeness (QED) is 0.694. The standard InChI is InChI=1S/C11H16N2O6S2/c1-2-13-7-5-21(17,18)6-8(7)20-11(13)12-9(14)3-19-4-10(15)16/h7-8H,2-6H2,1H3,(H,15,16)/t7-,8-/m0/s1. The van der Waals surface area contributed by atoms with Gasteiger partial charge in [0, 0.05) is 11.8 Å². The summed E-state index contributed by atoms with van der Waals surface area (Å²) in [5.74, 6) is -1.54. The van der Waals surface area contributed by atoms with E-state index in [-0.39, 0.29) is 22.8 Å². The number of carboxylic acid groups (broad SMARTS) is 1. The second-order valence-electron chi connectivity index (χ2n) is 4.76. The van der Waals surface area contributed by atoms with Gasteiger partial charge in [-0.1, -0.05) is 11.8 Å². The Morgan fingerprint density at radius 2 is 2.14 bits per heavy atom. The minimum atomic E-state index is -3.02. The molecule has 2 aliphatic heterocycles. The van der Waals surface area contributed by atoms with Crippen LogP contribution in [0, 0.1) is 0 Å². The number of aliphatic carboxylic acids is 1. The Kier molecular flexibility index (Phi) is 4.89. The lowest BCUT2D eigenvalue weighted by Gasteiger charge is -2.22. The Morgan fingerprint density at radius 1 is 1.43 bits per heavy atom. The van der Waals surface area contributed by atoms with Gasteiger partial charge >= 0.3 is 5.97 Å². The smallest absolute Gasteiger partial charge is 0.329 e. The first-order valence-corrected chi connectivity index (χ1v) is 9.07. The monoisotopic (exact) mass is 336 g/mol. The summed E-state index contributed by atoms with van der Waals surface area (Å²) in [6, 6.07) is -0.142. The maximum atomic E-state index is 11.6. The zero-order valence-electron chi connectivity index (χ0n) is 11.4. The van der Waals surface area contributed by atoms with Crippen molar-refractivity contribution in [3.63, 3.8) is 0 Å². The average molecular weight is 336 g/mol. The molecule has 0 aliphatic carbocycles. The van der Waals surface area contributed by atoms with Gasteiger partial charge in [0.05, 0.1) is 17.5 Å². The topological polar surface area (TPSA) is 113 Å². The van der Waals surface area contributed by atoms with Crippen LogP contribution in [-0.2, 0) is 24.2 Å². The van der Waals surface area contributed by atoms with Crippen molar-refractivity contribution in [2.24, 2.45) is 4.99 Å². The molecule has 2 aliphatic rings. The van der Waals surface area contributed by atoms with Crippen LogP contribution in [0.15, 0.2) is 4.99 Å². The first-order valence-electron chi connectivity index (χ1n) is 6.37. The second-order valence-corrected chi connectivity index (χ2v) is 8.12. The normalized spacial score (nSPS) is 28.8. The number of ether oxygens (including phenoxy) is 1. The van der Waals surface area contributed by atoms with Crippen LogP contribution < -0.4 is 0 Å². The second kappa shape index (κ2) is 6.32. The molecule has 2 rings (SSSR count). The molecule has 0 radical (unpaired) electrons. The maximum absolute atomic E-state index is 11.6. The van der Waals surface area contributed by atoms with Crippen LogP contribution in [0.1, 0.15) is 6.92 Å². The fraction of sp³-hybridized carbons (Fsp3) is 0.727. The number of carbonyl (C=O) groups excluding carboxylic acids is 1. The molecule has 0 spiro atoms. The predicted octanol–water partition coefficient (Wildman–Crippen LogP) is -0.795. The van der Waals surface area contributed by atoms with Gasteiger partial charge in [0.2, 0.25) is 0 Å². The minimum absolute atomic E-state index is 0.0846. The van der Waals surface area contributed by atoms with E-state index in [9.17, 15) is 18.0 Å². The summed E-state index contributed by atoms with van der Waals surface area (Å²) in [5, 5.41) is 8.80. The number of fused-ring (bicyclic) bond motifs is 1. The minimum Gasteiger partial charge on any atom is -0.480 e. The van der Waals surface area contributed by atoms with Crippen molar-refractivity contribution in [1.29, 1.82) is 0 Å². The lowest BCUT2D eigenvalue weighted by atomic mass is 10.2. The summed E-state index contributed by atoms with van der Waals surface area (Å²) in [4.78, 5) is 27.6. The number of rotatable bonds is 5. The zero-order valence-corrected chi connectivity index (χ0v) is 13.0. The van der Waals surface area contributed by atoms with Gasteiger partial charge in [-0.15, -0.1) is 0 Å². The highest BCUT2D eigenvalue weighted by Gasteiger charge is 2.48. The molecule has 118 valence electrons. The molecule has 2 fully saturated rings. The van der Waals surface area contributed by atoms with E-state index < -0.39 is 34.9 Å². The summed E-state index contributed by atoms with van der Waals surface area (Å²) < 4.78 is 27.9. The predicted molar refractivity (Wildman–Crippen MR) is 77.1 cm³/mol. The molecule has 2 saturated heterocycles. The largest absolute Gasteiger partial charge is 0.480 e. The maximum Gasteiger partial charge on any atom is 0.329 e. The SMILES string of the molecule is CCN1C(=NC(=O)COCC(=O)O)S[C@H]2CS(=O)(=O)C[C@@H]21. The molecule has 0 unspecified atom stereocenters. The first-order chi connectivity index (χ1) is 9.82. The van der Waals surface area contributed by atoms with Crippen molar-refractivity contribution in [1.82, 2.24) is 4.90 Å². The van der Waals surface area contributed by atoms with Crippen molar-refractivity contribution in [2.75, 3.05) is 31.3 Å². The Labute approximate surface area is 126 Å². The van der Waals surface area contributed by atoms with Crippen molar-refractivity contribution in [3.05, 3.63) is 0 Å². The van der Waals surface area contributed by atoms with E-state index in [0.29, 0.717) is 11.7 Å². The van der Waals surface area contributed by atoms with E-state index in [1.54, 1.807) is 0 Å². The number of thioether (sulfide) groups is 1. The fourth-order valence-corrected chi connectivity index (χ4v) is 6.40. The summed E-state index contributed by atoms with van der Waals surface area (Å²) in [6.07, 6.45) is 0. The summed E-state index contributed by atoms with van der Waals surface area (Å²) in [7, 11) is -3.02. The number of carbonyl (C=O) groups is 2. The molecular weight excluding hydrogens is 320 g/mol. The number of amides is 1. The highest BCUT2D eigenvalue weighted by Crippen LogP contribution is 2.37. The van der Waals surface area contributed by atoms with Gasteiger partial charge in [-0.2, -0.15) is 4.99 Å². The van der Waals surface area contributed by atoms with Crippen LogP contribution in [0.3, 0.4) is 0 Å². The molecular formula is C11H16N2O6S2. The Morgan fingerprint density at radius 3 is 2.76 bits per heavy atom. The molecule has 0 aromatic rings. The lowest BCUT2D eigenvalue weighted by Crippen LogP contribution is -2.37. The zero-order chi connectivity index (χ0) is 15.6. The molecule has 0 aromatic carbocycles. The highest BCUT2D eigenvalue weighted by molar-refractivity contribution is 8.15. The van der Waals surface area contributed by atoms with E-state index in [1.165, 1.54) is 11.8 Å². The number of hydrogen-bond donors (Lipinski definition) is 1. The van der Waals surface area contributed by atoms with Gasteiger partial charge in [0.1, 0.15) is 13.2 Å². The van der Waals surface area contributed by atoms with Crippen LogP contribution in [0.5, 0.6) is 0 Å². The molecule has 10 heteroatoms. The number of aliphatic imine (C=N–C) groups is 1. The van der Waals surface area contributed by atoms with Gasteiger partial charge in [-0.25, -0.2) is 13.2 Å². The van der Waals surface area contributed by atoms with Crippen LogP contribution in [-0.4, -0.2) is 78.0 Å². The Hall–Kier alpha value is -1.13. The number of nitrogens with zero attached hydrogens (tertiary/aromatic N) is 2. The molecule has 2 atom stereocenters. The van der Waals surface area contributed by atoms with Crippen molar-refractivity contribution in [3.8, 4) is 0 Å². The van der Waals surface area contributed by atoms with E-state index in [4.69, 9.17) is 5.11 Å². The third-order valence-electron chi connectivity index (χ3n) is 3.19. The molecule has 0 bridgehead atoms. The van der Waals surface area contributed by atoms with Gasteiger partial charge in [-0.05, 0) is 6.92 Å². The number of carboxylic acids is 1. The third-order valence-corrected chi connectivity index (χ3v) is 6.43. The van der Waals surface area contributed by atoms with E-state index in [1.807, 2.05) is 11.8 Å². The molecule has 0 aromatic heterocycles. The van der Waals surface area contributed by atoms with Gasteiger partial charge in [0.15, 0.2) is 15.0 Å². The van der Waals surface area contributed by atoms with Crippen LogP contribution in [0.25, 0.3) is 0 Å². The highest BCUT2D eigenvalue weighted by atomic mass is 32.2. The molecule has 21 heavy (non-hydrogen) atoms. The number of sulfone groups is 1. The van der Waals surface area contributed by atoms with E-state index in [2.05, 4.69) is 9.73 Å². The Balaban J connectivity index is 1.99. The molecule has 0 saturated carbocycles. The van der Waals surface area contributed by atoms with Crippen LogP contribution in [0.2, 0.25) is 0 Å². The lowest BCUT2D eigenvalue weighted by molar-refractivity contribution is -0.143.